The third kappa shape index (κ3) is 2.48. The van der Waals surface area contributed by atoms with Crippen LogP contribution in [0, 0.1) is 11.7 Å². The summed E-state index contributed by atoms with van der Waals surface area (Å²) in [5, 5.41) is 10.1. The smallest absolute Gasteiger partial charge is 0.125 e. The van der Waals surface area contributed by atoms with Crippen molar-refractivity contribution in [1.29, 1.82) is 0 Å². The van der Waals surface area contributed by atoms with Crippen molar-refractivity contribution in [3.05, 3.63) is 34.6 Å². The maximum absolute atomic E-state index is 13.0. The molecular weight excluding hydrogens is 217 g/mol. The Hall–Kier alpha value is -0.640. The Kier molecular flexibility index (Phi) is 2.96. The molecule has 1 aliphatic carbocycles. The van der Waals surface area contributed by atoms with E-state index in [9.17, 15) is 9.50 Å². The first kappa shape index (κ1) is 10.9. The lowest BCUT2D eigenvalue weighted by molar-refractivity contribution is 0.122. The summed E-state index contributed by atoms with van der Waals surface area (Å²) in [6.07, 6.45) is 1.40. The molecule has 4 heteroatoms. The SMILES string of the molecule is N[C@H](c1cc(F)cc(Cl)c1)[C@@H](O)C1CC1. The first-order valence-electron chi connectivity index (χ1n) is 4.97. The van der Waals surface area contributed by atoms with Gasteiger partial charge in [0.25, 0.3) is 0 Å². The quantitative estimate of drug-likeness (QED) is 0.835. The zero-order chi connectivity index (χ0) is 11.0. The molecule has 0 bridgehead atoms. The molecule has 2 nitrogen and oxygen atoms in total. The molecule has 1 aromatic rings. The van der Waals surface area contributed by atoms with Gasteiger partial charge in [-0.2, -0.15) is 0 Å². The Labute approximate surface area is 92.9 Å². The molecule has 1 saturated carbocycles. The number of hydrogen-bond acceptors (Lipinski definition) is 2. The van der Waals surface area contributed by atoms with Crippen LogP contribution < -0.4 is 5.73 Å². The molecule has 0 amide bonds. The number of aliphatic hydroxyl groups is 1. The first-order valence-corrected chi connectivity index (χ1v) is 5.35. The van der Waals surface area contributed by atoms with Crippen LogP contribution in [0.2, 0.25) is 5.02 Å². The molecule has 0 unspecified atom stereocenters. The fourth-order valence-corrected chi connectivity index (χ4v) is 1.93. The highest BCUT2D eigenvalue weighted by Crippen LogP contribution is 2.37. The summed E-state index contributed by atoms with van der Waals surface area (Å²) in [5.41, 5.74) is 6.40. The molecule has 1 fully saturated rings. The third-order valence-corrected chi connectivity index (χ3v) is 2.96. The lowest BCUT2D eigenvalue weighted by Crippen LogP contribution is -2.27. The lowest BCUT2D eigenvalue weighted by Gasteiger charge is -2.18. The minimum absolute atomic E-state index is 0.266. The molecular formula is C11H13ClFNO. The molecule has 1 aliphatic rings. The standard InChI is InChI=1S/C11H13ClFNO/c12-8-3-7(4-9(13)5-8)10(14)11(15)6-1-2-6/h3-6,10-11,15H,1-2,14H2/t10-,11+/m1/s1. The average Bonchev–Trinajstić information content (AvgIpc) is 2.97. The van der Waals surface area contributed by atoms with Crippen molar-refractivity contribution in [2.24, 2.45) is 11.7 Å². The molecule has 1 aromatic carbocycles. The van der Waals surface area contributed by atoms with Crippen LogP contribution in [0.15, 0.2) is 18.2 Å². The molecule has 0 aromatic heterocycles. The van der Waals surface area contributed by atoms with E-state index in [1.165, 1.54) is 12.1 Å². The van der Waals surface area contributed by atoms with E-state index in [2.05, 4.69) is 0 Å². The highest BCUT2D eigenvalue weighted by Gasteiger charge is 2.34. The molecule has 0 radical (unpaired) electrons. The summed E-state index contributed by atoms with van der Waals surface area (Å²) >= 11 is 5.72. The van der Waals surface area contributed by atoms with Gasteiger partial charge in [-0.25, -0.2) is 4.39 Å². The van der Waals surface area contributed by atoms with Gasteiger partial charge in [-0.3, -0.25) is 0 Å². The van der Waals surface area contributed by atoms with E-state index in [-0.39, 0.29) is 5.92 Å². The number of hydrogen-bond donors (Lipinski definition) is 2. The number of halogens is 2. The summed E-state index contributed by atoms with van der Waals surface area (Å²) < 4.78 is 13.0. The van der Waals surface area contributed by atoms with Gasteiger partial charge in [0.2, 0.25) is 0 Å². The Morgan fingerprint density at radius 1 is 1.40 bits per heavy atom. The number of nitrogens with two attached hydrogens (primary N) is 1. The van der Waals surface area contributed by atoms with Gasteiger partial charge in [0.1, 0.15) is 5.82 Å². The number of benzene rings is 1. The average molecular weight is 230 g/mol. The zero-order valence-corrected chi connectivity index (χ0v) is 8.91. The van der Waals surface area contributed by atoms with Gasteiger partial charge in [-0.15, -0.1) is 0 Å². The van der Waals surface area contributed by atoms with E-state index in [0.717, 1.165) is 12.8 Å². The molecule has 3 N–H and O–H groups in total. The van der Waals surface area contributed by atoms with Crippen molar-refractivity contribution < 1.29 is 9.50 Å². The predicted molar refractivity (Wildman–Crippen MR) is 57.1 cm³/mol. The number of rotatable bonds is 3. The van der Waals surface area contributed by atoms with Crippen LogP contribution >= 0.6 is 11.6 Å². The second kappa shape index (κ2) is 4.08. The highest BCUT2D eigenvalue weighted by atomic mass is 35.5. The Morgan fingerprint density at radius 3 is 2.60 bits per heavy atom. The van der Waals surface area contributed by atoms with Crippen LogP contribution in [-0.2, 0) is 0 Å². The maximum Gasteiger partial charge on any atom is 0.125 e. The summed E-state index contributed by atoms with van der Waals surface area (Å²) in [6.45, 7) is 0. The van der Waals surface area contributed by atoms with E-state index in [1.807, 2.05) is 0 Å². The molecule has 2 atom stereocenters. The molecule has 2 rings (SSSR count). The van der Waals surface area contributed by atoms with Gasteiger partial charge in [-0.05, 0) is 42.5 Å². The van der Waals surface area contributed by atoms with Crippen LogP contribution in [0.3, 0.4) is 0 Å². The van der Waals surface area contributed by atoms with Gasteiger partial charge >= 0.3 is 0 Å². The van der Waals surface area contributed by atoms with Crippen molar-refractivity contribution in [2.75, 3.05) is 0 Å². The predicted octanol–water partition coefficient (Wildman–Crippen LogP) is 2.25. The Balaban J connectivity index is 2.19. The van der Waals surface area contributed by atoms with Crippen molar-refractivity contribution in [2.45, 2.75) is 25.0 Å². The van der Waals surface area contributed by atoms with Crippen molar-refractivity contribution in [3.8, 4) is 0 Å². The van der Waals surface area contributed by atoms with Gasteiger partial charge in [-0.1, -0.05) is 11.6 Å². The van der Waals surface area contributed by atoms with E-state index >= 15 is 0 Å². The minimum atomic E-state index is -0.595. The van der Waals surface area contributed by atoms with Crippen LogP contribution in [-0.4, -0.2) is 11.2 Å². The van der Waals surface area contributed by atoms with Gasteiger partial charge in [0, 0.05) is 5.02 Å². The molecule has 0 saturated heterocycles. The molecule has 0 spiro atoms. The topological polar surface area (TPSA) is 46.2 Å². The Morgan fingerprint density at radius 2 is 2.07 bits per heavy atom. The summed E-state index contributed by atoms with van der Waals surface area (Å²) in [7, 11) is 0. The maximum atomic E-state index is 13.0. The second-order valence-electron chi connectivity index (χ2n) is 4.06. The van der Waals surface area contributed by atoms with E-state index in [0.29, 0.717) is 10.6 Å². The fourth-order valence-electron chi connectivity index (χ4n) is 1.70. The van der Waals surface area contributed by atoms with Crippen LogP contribution in [0.25, 0.3) is 0 Å². The van der Waals surface area contributed by atoms with Crippen LogP contribution in [0.5, 0.6) is 0 Å². The normalized spacial score (nSPS) is 20.0. The highest BCUT2D eigenvalue weighted by molar-refractivity contribution is 6.30. The molecule has 0 aliphatic heterocycles. The van der Waals surface area contributed by atoms with E-state index in [4.69, 9.17) is 17.3 Å². The largest absolute Gasteiger partial charge is 0.391 e. The fraction of sp³-hybridized carbons (Fsp3) is 0.455. The van der Waals surface area contributed by atoms with E-state index in [1.54, 1.807) is 6.07 Å². The third-order valence-electron chi connectivity index (χ3n) is 2.74. The number of aliphatic hydroxyl groups excluding tert-OH is 1. The van der Waals surface area contributed by atoms with Gasteiger partial charge < -0.3 is 10.8 Å². The molecule has 0 heterocycles. The second-order valence-corrected chi connectivity index (χ2v) is 4.49. The molecule has 15 heavy (non-hydrogen) atoms. The first-order chi connectivity index (χ1) is 7.08. The van der Waals surface area contributed by atoms with E-state index < -0.39 is 18.0 Å². The minimum Gasteiger partial charge on any atom is -0.391 e. The van der Waals surface area contributed by atoms with Crippen molar-refractivity contribution >= 4 is 11.6 Å². The Bertz CT molecular complexity index is 347. The zero-order valence-electron chi connectivity index (χ0n) is 8.16. The summed E-state index contributed by atoms with van der Waals surface area (Å²) in [5.74, 6) is -0.155. The molecule has 82 valence electrons. The van der Waals surface area contributed by atoms with Crippen LogP contribution in [0.4, 0.5) is 4.39 Å². The lowest BCUT2D eigenvalue weighted by atomic mass is 9.99. The van der Waals surface area contributed by atoms with Crippen molar-refractivity contribution in [3.63, 3.8) is 0 Å². The summed E-state index contributed by atoms with van der Waals surface area (Å²) in [6, 6.07) is 3.59. The van der Waals surface area contributed by atoms with Crippen LogP contribution in [0.1, 0.15) is 24.4 Å². The van der Waals surface area contributed by atoms with Crippen molar-refractivity contribution in [1.82, 2.24) is 0 Å². The summed E-state index contributed by atoms with van der Waals surface area (Å²) in [4.78, 5) is 0. The monoisotopic (exact) mass is 229 g/mol. The van der Waals surface area contributed by atoms with Gasteiger partial charge in [0.15, 0.2) is 0 Å². The van der Waals surface area contributed by atoms with Gasteiger partial charge in [0.05, 0.1) is 12.1 Å².